The molecule has 0 atom stereocenters. The highest BCUT2D eigenvalue weighted by atomic mass is 16.3. The molecule has 0 radical (unpaired) electrons. The summed E-state index contributed by atoms with van der Waals surface area (Å²) in [6.45, 7) is -0.0541. The Morgan fingerprint density at radius 2 is 1.81 bits per heavy atom. The monoisotopic (exact) mass is 344 g/mol. The SMILES string of the molecule is CNc1cccc2c(Nc3cc(N)cc(CO)c3)c3ccccc3nc12. The molecule has 0 bridgehead atoms. The van der Waals surface area contributed by atoms with E-state index in [1.807, 2.05) is 49.5 Å². The minimum atomic E-state index is -0.0541. The van der Waals surface area contributed by atoms with Crippen molar-refractivity contribution in [3.8, 4) is 0 Å². The molecule has 0 amide bonds. The standard InChI is InChI=1S/C21H20N4O/c1-23-19-8-4-6-17-20(16-5-2-3-7-18(16)25-21(17)19)24-15-10-13(12-26)9-14(22)11-15/h2-11,23,26H,12,22H2,1H3,(H,24,25). The first-order chi connectivity index (χ1) is 12.7. The Bertz CT molecular complexity index is 1110. The van der Waals surface area contributed by atoms with Crippen molar-refractivity contribution in [1.82, 2.24) is 4.98 Å². The molecule has 0 fully saturated rings. The van der Waals surface area contributed by atoms with Crippen LogP contribution >= 0.6 is 0 Å². The maximum absolute atomic E-state index is 9.46. The van der Waals surface area contributed by atoms with Crippen LogP contribution in [0.3, 0.4) is 0 Å². The molecule has 0 aliphatic heterocycles. The molecule has 5 heteroatoms. The number of hydrogen-bond acceptors (Lipinski definition) is 5. The fraction of sp³-hybridized carbons (Fsp3) is 0.0952. The zero-order valence-corrected chi connectivity index (χ0v) is 14.5. The second-order valence-electron chi connectivity index (χ2n) is 6.20. The third kappa shape index (κ3) is 2.78. The zero-order chi connectivity index (χ0) is 18.1. The van der Waals surface area contributed by atoms with E-state index in [2.05, 4.69) is 22.8 Å². The van der Waals surface area contributed by atoms with Gasteiger partial charge in [0.2, 0.25) is 0 Å². The van der Waals surface area contributed by atoms with Gasteiger partial charge < -0.3 is 21.5 Å². The number of fused-ring (bicyclic) bond motifs is 2. The summed E-state index contributed by atoms with van der Waals surface area (Å²) in [5.74, 6) is 0. The fourth-order valence-corrected chi connectivity index (χ4v) is 3.28. The first-order valence-electron chi connectivity index (χ1n) is 8.46. The van der Waals surface area contributed by atoms with E-state index in [4.69, 9.17) is 10.7 Å². The number of aromatic nitrogens is 1. The smallest absolute Gasteiger partial charge is 0.0961 e. The molecule has 1 aromatic heterocycles. The minimum Gasteiger partial charge on any atom is -0.399 e. The highest BCUT2D eigenvalue weighted by Gasteiger charge is 2.12. The molecule has 0 saturated heterocycles. The van der Waals surface area contributed by atoms with Crippen LogP contribution in [-0.2, 0) is 6.61 Å². The number of aliphatic hydroxyl groups excluding tert-OH is 1. The lowest BCUT2D eigenvalue weighted by molar-refractivity contribution is 0.282. The number of nitrogens with zero attached hydrogens (tertiary/aromatic N) is 1. The number of nitrogens with one attached hydrogen (secondary N) is 2. The fourth-order valence-electron chi connectivity index (χ4n) is 3.28. The summed E-state index contributed by atoms with van der Waals surface area (Å²) in [5, 5.41) is 18.2. The number of hydrogen-bond donors (Lipinski definition) is 4. The quantitative estimate of drug-likeness (QED) is 0.329. The van der Waals surface area contributed by atoms with Gasteiger partial charge in [-0.2, -0.15) is 0 Å². The Hall–Kier alpha value is -3.31. The lowest BCUT2D eigenvalue weighted by atomic mass is 10.1. The van der Waals surface area contributed by atoms with Gasteiger partial charge in [0.1, 0.15) is 0 Å². The second kappa shape index (κ2) is 6.54. The summed E-state index contributed by atoms with van der Waals surface area (Å²) in [6.07, 6.45) is 0. The summed E-state index contributed by atoms with van der Waals surface area (Å²) < 4.78 is 0. The molecule has 0 spiro atoms. The largest absolute Gasteiger partial charge is 0.399 e. The van der Waals surface area contributed by atoms with Crippen LogP contribution in [0, 0.1) is 0 Å². The molecule has 0 saturated carbocycles. The molecule has 5 N–H and O–H groups in total. The van der Waals surface area contributed by atoms with E-state index in [0.717, 1.165) is 44.4 Å². The molecule has 5 nitrogen and oxygen atoms in total. The normalized spacial score (nSPS) is 11.0. The lowest BCUT2D eigenvalue weighted by Crippen LogP contribution is -1.99. The molecule has 0 aliphatic rings. The molecular formula is C21H20N4O. The molecule has 1 heterocycles. The van der Waals surface area contributed by atoms with Crippen LogP contribution in [0.15, 0.2) is 60.7 Å². The van der Waals surface area contributed by atoms with Crippen molar-refractivity contribution in [1.29, 1.82) is 0 Å². The Morgan fingerprint density at radius 3 is 2.62 bits per heavy atom. The van der Waals surface area contributed by atoms with Crippen molar-refractivity contribution in [2.45, 2.75) is 6.61 Å². The summed E-state index contributed by atoms with van der Waals surface area (Å²) in [5.41, 5.74) is 12.0. The van der Waals surface area contributed by atoms with Crippen LogP contribution in [0.5, 0.6) is 0 Å². The van der Waals surface area contributed by atoms with Gasteiger partial charge in [0.15, 0.2) is 0 Å². The number of nitrogens with two attached hydrogens (primary N) is 1. The maximum atomic E-state index is 9.46. The van der Waals surface area contributed by atoms with Gasteiger partial charge in [0.05, 0.1) is 29.0 Å². The van der Waals surface area contributed by atoms with Crippen molar-refractivity contribution >= 4 is 44.6 Å². The summed E-state index contributed by atoms with van der Waals surface area (Å²) in [4.78, 5) is 4.83. The van der Waals surface area contributed by atoms with Gasteiger partial charge in [0, 0.05) is 29.2 Å². The molecule has 0 unspecified atom stereocenters. The number of pyridine rings is 1. The van der Waals surface area contributed by atoms with Gasteiger partial charge in [-0.1, -0.05) is 30.3 Å². The molecule has 26 heavy (non-hydrogen) atoms. The third-order valence-electron chi connectivity index (χ3n) is 4.45. The van der Waals surface area contributed by atoms with E-state index in [0.29, 0.717) is 5.69 Å². The minimum absolute atomic E-state index is 0.0541. The van der Waals surface area contributed by atoms with Gasteiger partial charge in [0.25, 0.3) is 0 Å². The van der Waals surface area contributed by atoms with Crippen LogP contribution in [0.1, 0.15) is 5.56 Å². The van der Waals surface area contributed by atoms with Gasteiger partial charge >= 0.3 is 0 Å². The molecule has 3 aromatic carbocycles. The average Bonchev–Trinajstić information content (AvgIpc) is 2.67. The highest BCUT2D eigenvalue weighted by Crippen LogP contribution is 2.36. The van der Waals surface area contributed by atoms with E-state index >= 15 is 0 Å². The van der Waals surface area contributed by atoms with Crippen LogP contribution in [0.4, 0.5) is 22.7 Å². The maximum Gasteiger partial charge on any atom is 0.0961 e. The van der Waals surface area contributed by atoms with E-state index in [1.54, 1.807) is 6.07 Å². The van der Waals surface area contributed by atoms with Gasteiger partial charge in [-0.15, -0.1) is 0 Å². The van der Waals surface area contributed by atoms with Crippen LogP contribution in [0.2, 0.25) is 0 Å². The van der Waals surface area contributed by atoms with Crippen LogP contribution < -0.4 is 16.4 Å². The first-order valence-corrected chi connectivity index (χ1v) is 8.46. The third-order valence-corrected chi connectivity index (χ3v) is 4.45. The first kappa shape index (κ1) is 16.2. The number of rotatable bonds is 4. The number of benzene rings is 3. The summed E-state index contributed by atoms with van der Waals surface area (Å²) in [7, 11) is 1.89. The van der Waals surface area contributed by atoms with Crippen molar-refractivity contribution in [3.05, 3.63) is 66.2 Å². The van der Waals surface area contributed by atoms with E-state index in [9.17, 15) is 5.11 Å². The predicted octanol–water partition coefficient (Wildman–Crippen LogP) is 4.25. The van der Waals surface area contributed by atoms with Crippen LogP contribution in [0.25, 0.3) is 21.8 Å². The average molecular weight is 344 g/mol. The van der Waals surface area contributed by atoms with Gasteiger partial charge in [-0.25, -0.2) is 4.98 Å². The van der Waals surface area contributed by atoms with Crippen molar-refractivity contribution in [3.63, 3.8) is 0 Å². The van der Waals surface area contributed by atoms with Crippen molar-refractivity contribution in [2.24, 2.45) is 0 Å². The lowest BCUT2D eigenvalue weighted by Gasteiger charge is -2.16. The molecule has 0 aliphatic carbocycles. The van der Waals surface area contributed by atoms with Crippen molar-refractivity contribution < 1.29 is 5.11 Å². The van der Waals surface area contributed by atoms with E-state index in [1.165, 1.54) is 0 Å². The summed E-state index contributed by atoms with van der Waals surface area (Å²) >= 11 is 0. The van der Waals surface area contributed by atoms with Gasteiger partial charge in [-0.3, -0.25) is 0 Å². The Kier molecular flexibility index (Phi) is 4.07. The predicted molar refractivity (Wildman–Crippen MR) is 109 cm³/mol. The molecule has 130 valence electrons. The zero-order valence-electron chi connectivity index (χ0n) is 14.5. The highest BCUT2D eigenvalue weighted by molar-refractivity contribution is 6.11. The number of aliphatic hydroxyl groups is 1. The van der Waals surface area contributed by atoms with Gasteiger partial charge in [-0.05, 0) is 35.9 Å². The number of nitrogen functional groups attached to an aromatic ring is 1. The van der Waals surface area contributed by atoms with Crippen molar-refractivity contribution in [2.75, 3.05) is 23.4 Å². The molecule has 4 rings (SSSR count). The number of anilines is 4. The summed E-state index contributed by atoms with van der Waals surface area (Å²) in [6, 6.07) is 19.7. The second-order valence-corrected chi connectivity index (χ2v) is 6.20. The van der Waals surface area contributed by atoms with E-state index in [-0.39, 0.29) is 6.61 Å². The topological polar surface area (TPSA) is 83.2 Å². The number of para-hydroxylation sites is 2. The molecule has 4 aromatic rings. The Morgan fingerprint density at radius 1 is 1.00 bits per heavy atom. The Labute approximate surface area is 151 Å². The van der Waals surface area contributed by atoms with Crippen LogP contribution in [-0.4, -0.2) is 17.1 Å². The molecular weight excluding hydrogens is 324 g/mol. The van der Waals surface area contributed by atoms with E-state index < -0.39 is 0 Å². The Balaban J connectivity index is 1.99.